The van der Waals surface area contributed by atoms with Crippen LogP contribution in [0.3, 0.4) is 0 Å². The lowest BCUT2D eigenvalue weighted by Gasteiger charge is -2.04. The molecule has 22 heavy (non-hydrogen) atoms. The number of halogens is 1. The van der Waals surface area contributed by atoms with Crippen molar-refractivity contribution in [1.29, 1.82) is 0 Å². The lowest BCUT2D eigenvalue weighted by molar-refractivity contribution is 0.765. The van der Waals surface area contributed by atoms with Crippen LogP contribution in [0.15, 0.2) is 47.5 Å². The maximum Gasteiger partial charge on any atom is 0.175 e. The van der Waals surface area contributed by atoms with Crippen molar-refractivity contribution in [2.24, 2.45) is 0 Å². The molecule has 2 heterocycles. The summed E-state index contributed by atoms with van der Waals surface area (Å²) in [7, 11) is 0. The molecule has 112 valence electrons. The van der Waals surface area contributed by atoms with Gasteiger partial charge in [0.25, 0.3) is 0 Å². The summed E-state index contributed by atoms with van der Waals surface area (Å²) in [5.41, 5.74) is 3.23. The van der Waals surface area contributed by atoms with E-state index in [9.17, 15) is 0 Å². The molecule has 0 saturated heterocycles. The molecule has 2 aromatic heterocycles. The lowest BCUT2D eigenvalue weighted by Crippen LogP contribution is -2.03. The van der Waals surface area contributed by atoms with Gasteiger partial charge in [-0.15, -0.1) is 10.2 Å². The van der Waals surface area contributed by atoms with E-state index < -0.39 is 0 Å². The van der Waals surface area contributed by atoms with Gasteiger partial charge in [0.2, 0.25) is 0 Å². The zero-order valence-electron chi connectivity index (χ0n) is 12.3. The minimum absolute atomic E-state index is 0.737. The summed E-state index contributed by atoms with van der Waals surface area (Å²) in [6, 6.07) is 13.8. The minimum Gasteiger partial charge on any atom is -0.218 e. The van der Waals surface area contributed by atoms with Gasteiger partial charge >= 0.3 is 0 Å². The van der Waals surface area contributed by atoms with Crippen LogP contribution in [0.5, 0.6) is 0 Å². The molecule has 0 aliphatic rings. The highest BCUT2D eigenvalue weighted by atomic mass is 35.5. The second kappa shape index (κ2) is 6.50. The first-order valence-electron chi connectivity index (χ1n) is 6.86. The first-order chi connectivity index (χ1) is 10.6. The van der Waals surface area contributed by atoms with E-state index in [1.807, 2.05) is 56.3 Å². The smallest absolute Gasteiger partial charge is 0.175 e. The third-order valence-electron chi connectivity index (χ3n) is 3.15. The van der Waals surface area contributed by atoms with E-state index in [1.165, 1.54) is 5.56 Å². The van der Waals surface area contributed by atoms with E-state index in [0.717, 1.165) is 33.0 Å². The van der Waals surface area contributed by atoms with Gasteiger partial charge < -0.3 is 0 Å². The van der Waals surface area contributed by atoms with Crippen LogP contribution >= 0.6 is 23.4 Å². The predicted octanol–water partition coefficient (Wildman–Crippen LogP) is 4.22. The molecule has 1 aromatic carbocycles. The van der Waals surface area contributed by atoms with Crippen LogP contribution in [0.1, 0.15) is 17.0 Å². The molecule has 4 nitrogen and oxygen atoms in total. The maximum atomic E-state index is 5.88. The fraction of sp³-hybridized carbons (Fsp3) is 0.188. The van der Waals surface area contributed by atoms with Crippen LogP contribution in [0.4, 0.5) is 0 Å². The Bertz CT molecular complexity index is 766. The zero-order chi connectivity index (χ0) is 15.5. The molecular formula is C16H15ClN4S. The Morgan fingerprint density at radius 3 is 2.41 bits per heavy atom. The molecule has 0 fully saturated rings. The number of hydrogen-bond donors (Lipinski definition) is 0. The summed E-state index contributed by atoms with van der Waals surface area (Å²) in [5.74, 6) is 1.58. The predicted molar refractivity (Wildman–Crippen MR) is 89.6 cm³/mol. The second-order valence-corrected chi connectivity index (χ2v) is 6.42. The van der Waals surface area contributed by atoms with Gasteiger partial charge in [-0.25, -0.2) is 4.68 Å². The number of aromatic nitrogens is 4. The Balaban J connectivity index is 1.69. The summed E-state index contributed by atoms with van der Waals surface area (Å²) >= 11 is 7.53. The Morgan fingerprint density at radius 2 is 1.82 bits per heavy atom. The molecule has 0 aliphatic carbocycles. The summed E-state index contributed by atoms with van der Waals surface area (Å²) in [5, 5.41) is 14.6. The summed E-state index contributed by atoms with van der Waals surface area (Å²) in [6.07, 6.45) is 0. The summed E-state index contributed by atoms with van der Waals surface area (Å²) in [6.45, 7) is 3.97. The highest BCUT2D eigenvalue weighted by Crippen LogP contribution is 2.22. The van der Waals surface area contributed by atoms with Gasteiger partial charge in [0, 0.05) is 16.5 Å². The number of nitrogens with zero attached hydrogens (tertiary/aromatic N) is 4. The van der Waals surface area contributed by atoms with Crippen molar-refractivity contribution in [3.63, 3.8) is 0 Å². The van der Waals surface area contributed by atoms with Gasteiger partial charge in [-0.1, -0.05) is 35.5 Å². The number of aryl methyl sites for hydroxylation is 2. The van der Waals surface area contributed by atoms with E-state index in [0.29, 0.717) is 0 Å². The van der Waals surface area contributed by atoms with Crippen LogP contribution in [0.2, 0.25) is 5.02 Å². The maximum absolute atomic E-state index is 5.88. The van der Waals surface area contributed by atoms with Crippen LogP contribution in [0, 0.1) is 13.8 Å². The van der Waals surface area contributed by atoms with E-state index in [1.54, 1.807) is 16.4 Å². The molecule has 0 unspecified atom stereocenters. The Hall–Kier alpha value is -1.85. The lowest BCUT2D eigenvalue weighted by atomic mass is 10.2. The quantitative estimate of drug-likeness (QED) is 0.672. The van der Waals surface area contributed by atoms with Crippen LogP contribution < -0.4 is 0 Å². The molecule has 0 N–H and O–H groups in total. The SMILES string of the molecule is Cc1cc(C)n(-c2ccc(SCc3ccc(Cl)cc3)nn2)n1. The Labute approximate surface area is 138 Å². The fourth-order valence-electron chi connectivity index (χ4n) is 2.10. The third-order valence-corrected chi connectivity index (χ3v) is 4.40. The highest BCUT2D eigenvalue weighted by molar-refractivity contribution is 7.98. The van der Waals surface area contributed by atoms with Gasteiger partial charge in [-0.2, -0.15) is 5.10 Å². The van der Waals surface area contributed by atoms with Gasteiger partial charge in [-0.05, 0) is 49.7 Å². The Kier molecular flexibility index (Phi) is 4.45. The van der Waals surface area contributed by atoms with E-state index in [-0.39, 0.29) is 0 Å². The van der Waals surface area contributed by atoms with Crippen LogP contribution in [-0.4, -0.2) is 20.0 Å². The van der Waals surface area contributed by atoms with Crippen molar-refractivity contribution >= 4 is 23.4 Å². The third kappa shape index (κ3) is 3.48. The molecule has 0 radical (unpaired) electrons. The highest BCUT2D eigenvalue weighted by Gasteiger charge is 2.06. The van der Waals surface area contributed by atoms with Crippen molar-refractivity contribution in [2.75, 3.05) is 0 Å². The standard InChI is InChI=1S/C16H15ClN4S/c1-11-9-12(2)21(20-11)15-7-8-16(19-18-15)22-10-13-3-5-14(17)6-4-13/h3-9H,10H2,1-2H3. The van der Waals surface area contributed by atoms with Crippen molar-refractivity contribution in [3.8, 4) is 5.82 Å². The molecule has 0 atom stereocenters. The van der Waals surface area contributed by atoms with Crippen molar-refractivity contribution in [1.82, 2.24) is 20.0 Å². The average Bonchev–Trinajstić information content (AvgIpc) is 2.86. The fourth-order valence-corrected chi connectivity index (χ4v) is 3.00. The zero-order valence-corrected chi connectivity index (χ0v) is 13.9. The molecule has 0 amide bonds. The van der Waals surface area contributed by atoms with Crippen molar-refractivity contribution in [3.05, 3.63) is 64.4 Å². The molecule has 0 saturated carbocycles. The molecule has 0 aliphatic heterocycles. The van der Waals surface area contributed by atoms with E-state index in [2.05, 4.69) is 15.3 Å². The van der Waals surface area contributed by atoms with Crippen molar-refractivity contribution in [2.45, 2.75) is 24.6 Å². The van der Waals surface area contributed by atoms with Gasteiger partial charge in [0.05, 0.1) is 5.69 Å². The number of thioether (sulfide) groups is 1. The Morgan fingerprint density at radius 1 is 1.05 bits per heavy atom. The molecule has 0 bridgehead atoms. The normalized spacial score (nSPS) is 10.9. The van der Waals surface area contributed by atoms with E-state index >= 15 is 0 Å². The molecule has 6 heteroatoms. The van der Waals surface area contributed by atoms with Crippen LogP contribution in [0.25, 0.3) is 5.82 Å². The molecule has 3 aromatic rings. The monoisotopic (exact) mass is 330 g/mol. The molecule has 3 rings (SSSR count). The minimum atomic E-state index is 0.737. The first kappa shape index (κ1) is 15.1. The number of hydrogen-bond acceptors (Lipinski definition) is 4. The van der Waals surface area contributed by atoms with Gasteiger partial charge in [-0.3, -0.25) is 0 Å². The molecule has 0 spiro atoms. The van der Waals surface area contributed by atoms with Gasteiger partial charge in [0.1, 0.15) is 5.03 Å². The first-order valence-corrected chi connectivity index (χ1v) is 8.23. The largest absolute Gasteiger partial charge is 0.218 e. The average molecular weight is 331 g/mol. The van der Waals surface area contributed by atoms with Crippen LogP contribution in [-0.2, 0) is 5.75 Å². The number of rotatable bonds is 4. The summed E-state index contributed by atoms with van der Waals surface area (Å²) in [4.78, 5) is 0. The topological polar surface area (TPSA) is 43.6 Å². The number of benzene rings is 1. The van der Waals surface area contributed by atoms with Crippen molar-refractivity contribution < 1.29 is 0 Å². The van der Waals surface area contributed by atoms with Gasteiger partial charge in [0.15, 0.2) is 5.82 Å². The van der Waals surface area contributed by atoms with E-state index in [4.69, 9.17) is 11.6 Å². The summed E-state index contributed by atoms with van der Waals surface area (Å²) < 4.78 is 1.80. The molecular weight excluding hydrogens is 316 g/mol. The second-order valence-electron chi connectivity index (χ2n) is 4.98.